The Labute approximate surface area is 121 Å². The van der Waals surface area contributed by atoms with Crippen molar-refractivity contribution < 1.29 is 4.74 Å². The third-order valence-corrected chi connectivity index (χ3v) is 3.46. The molecule has 0 aliphatic rings. The van der Waals surface area contributed by atoms with Crippen LogP contribution in [0.5, 0.6) is 5.75 Å². The quantitative estimate of drug-likeness (QED) is 0.634. The van der Waals surface area contributed by atoms with Gasteiger partial charge in [0.05, 0.1) is 12.8 Å². The molecule has 0 unspecified atom stereocenters. The van der Waals surface area contributed by atoms with Gasteiger partial charge in [-0.25, -0.2) is 5.43 Å². The molecule has 1 aromatic heterocycles. The summed E-state index contributed by atoms with van der Waals surface area (Å²) in [5, 5.41) is 0. The van der Waals surface area contributed by atoms with Crippen LogP contribution in [-0.4, -0.2) is 18.6 Å². The number of benzene rings is 1. The molecule has 4 nitrogen and oxygen atoms in total. The van der Waals surface area contributed by atoms with Crippen molar-refractivity contribution in [1.29, 1.82) is 0 Å². The fraction of sp³-hybridized carbons (Fsp3) is 0.214. The van der Waals surface area contributed by atoms with Gasteiger partial charge in [0.15, 0.2) is 0 Å². The molecule has 0 fully saturated rings. The van der Waals surface area contributed by atoms with Gasteiger partial charge >= 0.3 is 0 Å². The minimum atomic E-state index is 0.814. The van der Waals surface area contributed by atoms with E-state index in [9.17, 15) is 0 Å². The number of methoxy groups -OCH3 is 1. The second-order valence-electron chi connectivity index (χ2n) is 4.00. The van der Waals surface area contributed by atoms with Gasteiger partial charge in [0.1, 0.15) is 5.75 Å². The highest BCUT2D eigenvalue weighted by Crippen LogP contribution is 2.22. The number of nitrogens with one attached hydrogen (secondary N) is 2. The molecule has 19 heavy (non-hydrogen) atoms. The third kappa shape index (κ3) is 4.22. The van der Waals surface area contributed by atoms with Gasteiger partial charge < -0.3 is 10.2 Å². The SMILES string of the molecule is COc1ccc(Br)c(CCNNc2ccncc2)c1. The summed E-state index contributed by atoms with van der Waals surface area (Å²) < 4.78 is 6.32. The molecule has 0 saturated carbocycles. The number of aromatic nitrogens is 1. The first-order valence-corrected chi connectivity index (χ1v) is 6.80. The minimum absolute atomic E-state index is 0.814. The monoisotopic (exact) mass is 321 g/mol. The van der Waals surface area contributed by atoms with Crippen LogP contribution in [0.4, 0.5) is 5.69 Å². The van der Waals surface area contributed by atoms with Crippen LogP contribution in [0.3, 0.4) is 0 Å². The molecule has 0 spiro atoms. The molecule has 1 heterocycles. The average Bonchev–Trinajstić information content (AvgIpc) is 2.46. The highest BCUT2D eigenvalue weighted by Gasteiger charge is 2.01. The number of nitrogens with zero attached hydrogens (tertiary/aromatic N) is 1. The summed E-state index contributed by atoms with van der Waals surface area (Å²) in [5.41, 5.74) is 8.51. The van der Waals surface area contributed by atoms with E-state index in [2.05, 4.69) is 31.8 Å². The molecule has 2 aromatic rings. The molecule has 0 bridgehead atoms. The van der Waals surface area contributed by atoms with E-state index in [1.807, 2.05) is 30.3 Å². The largest absolute Gasteiger partial charge is 0.497 e. The van der Waals surface area contributed by atoms with E-state index >= 15 is 0 Å². The smallest absolute Gasteiger partial charge is 0.119 e. The van der Waals surface area contributed by atoms with Gasteiger partial charge in [-0.2, -0.15) is 0 Å². The molecule has 1 aromatic carbocycles. The van der Waals surface area contributed by atoms with Gasteiger partial charge in [-0.05, 0) is 42.3 Å². The minimum Gasteiger partial charge on any atom is -0.497 e. The fourth-order valence-corrected chi connectivity index (χ4v) is 2.11. The summed E-state index contributed by atoms with van der Waals surface area (Å²) in [7, 11) is 1.68. The maximum Gasteiger partial charge on any atom is 0.119 e. The molecule has 2 N–H and O–H groups in total. The molecule has 2 rings (SSSR count). The maximum atomic E-state index is 5.22. The Bertz CT molecular complexity index is 519. The normalized spacial score (nSPS) is 10.2. The summed E-state index contributed by atoms with van der Waals surface area (Å²) >= 11 is 3.54. The highest BCUT2D eigenvalue weighted by molar-refractivity contribution is 9.10. The number of halogens is 1. The van der Waals surface area contributed by atoms with Gasteiger partial charge in [-0.1, -0.05) is 15.9 Å². The molecule has 100 valence electrons. The van der Waals surface area contributed by atoms with Crippen LogP contribution in [0.25, 0.3) is 0 Å². The fourth-order valence-electron chi connectivity index (χ4n) is 1.67. The zero-order chi connectivity index (χ0) is 13.5. The lowest BCUT2D eigenvalue weighted by Crippen LogP contribution is -2.24. The molecular formula is C14H16BrN3O. The van der Waals surface area contributed by atoms with E-state index in [1.165, 1.54) is 5.56 Å². The van der Waals surface area contributed by atoms with Gasteiger partial charge in [0.25, 0.3) is 0 Å². The number of anilines is 1. The molecule has 0 amide bonds. The topological polar surface area (TPSA) is 46.2 Å². The van der Waals surface area contributed by atoms with Crippen molar-refractivity contribution in [2.45, 2.75) is 6.42 Å². The van der Waals surface area contributed by atoms with Gasteiger partial charge in [0, 0.05) is 23.4 Å². The number of hydrogen-bond donors (Lipinski definition) is 2. The number of pyridine rings is 1. The Hall–Kier alpha value is -1.59. The lowest BCUT2D eigenvalue weighted by molar-refractivity contribution is 0.414. The van der Waals surface area contributed by atoms with Crippen LogP contribution < -0.4 is 15.6 Å². The lowest BCUT2D eigenvalue weighted by Gasteiger charge is -2.10. The Morgan fingerprint density at radius 1 is 1.21 bits per heavy atom. The van der Waals surface area contributed by atoms with Crippen molar-refractivity contribution in [3.05, 3.63) is 52.8 Å². The molecule has 0 radical (unpaired) electrons. The summed E-state index contributed by atoms with van der Waals surface area (Å²) in [6.07, 6.45) is 4.40. The molecule has 0 saturated heterocycles. The van der Waals surface area contributed by atoms with Gasteiger partial charge in [-0.3, -0.25) is 4.98 Å². The van der Waals surface area contributed by atoms with Crippen molar-refractivity contribution in [1.82, 2.24) is 10.4 Å². The Morgan fingerprint density at radius 2 is 2.00 bits per heavy atom. The number of ether oxygens (including phenoxy) is 1. The maximum absolute atomic E-state index is 5.22. The summed E-state index contributed by atoms with van der Waals surface area (Å²) in [4.78, 5) is 3.96. The summed E-state index contributed by atoms with van der Waals surface area (Å²) in [5.74, 6) is 0.875. The van der Waals surface area contributed by atoms with E-state index in [1.54, 1.807) is 19.5 Å². The first-order chi connectivity index (χ1) is 9.29. The second kappa shape index (κ2) is 7.11. The molecule has 0 aliphatic carbocycles. The Morgan fingerprint density at radius 3 is 2.74 bits per heavy atom. The van der Waals surface area contributed by atoms with Crippen molar-refractivity contribution in [2.24, 2.45) is 0 Å². The molecular weight excluding hydrogens is 306 g/mol. The lowest BCUT2D eigenvalue weighted by atomic mass is 10.1. The Balaban J connectivity index is 1.82. The molecule has 5 heteroatoms. The van der Waals surface area contributed by atoms with Gasteiger partial charge in [-0.15, -0.1) is 0 Å². The predicted molar refractivity (Wildman–Crippen MR) is 80.3 cm³/mol. The van der Waals surface area contributed by atoms with E-state index in [4.69, 9.17) is 4.74 Å². The van der Waals surface area contributed by atoms with Crippen molar-refractivity contribution in [3.8, 4) is 5.75 Å². The predicted octanol–water partition coefficient (Wildman–Crippen LogP) is 3.01. The number of hydrogen-bond acceptors (Lipinski definition) is 4. The van der Waals surface area contributed by atoms with Crippen LogP contribution in [0, 0.1) is 0 Å². The van der Waals surface area contributed by atoms with E-state index in [0.29, 0.717) is 0 Å². The first kappa shape index (κ1) is 13.8. The standard InChI is InChI=1S/C14H16BrN3O/c1-19-13-2-3-14(15)11(10-13)4-9-17-18-12-5-7-16-8-6-12/h2-3,5-8,10,17H,4,9H2,1H3,(H,16,18). The summed E-state index contributed by atoms with van der Waals surface area (Å²) in [6, 6.07) is 9.81. The zero-order valence-electron chi connectivity index (χ0n) is 10.7. The summed E-state index contributed by atoms with van der Waals surface area (Å²) in [6.45, 7) is 0.814. The third-order valence-electron chi connectivity index (χ3n) is 2.69. The van der Waals surface area contributed by atoms with E-state index in [-0.39, 0.29) is 0 Å². The van der Waals surface area contributed by atoms with Crippen LogP contribution in [0.1, 0.15) is 5.56 Å². The zero-order valence-corrected chi connectivity index (χ0v) is 12.3. The number of rotatable bonds is 6. The van der Waals surface area contributed by atoms with Crippen LogP contribution in [0.2, 0.25) is 0 Å². The number of hydrazine groups is 1. The van der Waals surface area contributed by atoms with Crippen LogP contribution in [0.15, 0.2) is 47.2 Å². The second-order valence-corrected chi connectivity index (χ2v) is 4.85. The van der Waals surface area contributed by atoms with E-state index < -0.39 is 0 Å². The molecule has 0 aliphatic heterocycles. The van der Waals surface area contributed by atoms with Crippen LogP contribution in [-0.2, 0) is 6.42 Å². The van der Waals surface area contributed by atoms with Crippen molar-refractivity contribution in [3.63, 3.8) is 0 Å². The average molecular weight is 322 g/mol. The van der Waals surface area contributed by atoms with Crippen molar-refractivity contribution in [2.75, 3.05) is 19.1 Å². The van der Waals surface area contributed by atoms with Crippen molar-refractivity contribution >= 4 is 21.6 Å². The Kier molecular flexibility index (Phi) is 5.18. The van der Waals surface area contributed by atoms with Gasteiger partial charge in [0.2, 0.25) is 0 Å². The highest BCUT2D eigenvalue weighted by atomic mass is 79.9. The first-order valence-electron chi connectivity index (χ1n) is 6.01. The molecule has 0 atom stereocenters. The van der Waals surface area contributed by atoms with Crippen LogP contribution >= 0.6 is 15.9 Å². The van der Waals surface area contributed by atoms with E-state index in [0.717, 1.165) is 28.9 Å².